The largest absolute Gasteiger partial charge is 0.326 e. The van der Waals surface area contributed by atoms with Crippen LogP contribution in [0.25, 0.3) is 0 Å². The summed E-state index contributed by atoms with van der Waals surface area (Å²) in [5.41, 5.74) is 7.23. The second kappa shape index (κ2) is 4.03. The van der Waals surface area contributed by atoms with Crippen LogP contribution in [-0.4, -0.2) is 11.8 Å². The monoisotopic (exact) mass is 268 g/mol. The smallest absolute Gasteiger partial charge is 0.238 e. The van der Waals surface area contributed by atoms with Gasteiger partial charge in [-0.25, -0.2) is 0 Å². The van der Waals surface area contributed by atoms with Crippen LogP contribution >= 0.6 is 0 Å². The van der Waals surface area contributed by atoms with E-state index >= 15 is 0 Å². The molecule has 2 bridgehead atoms. The first-order chi connectivity index (χ1) is 9.70. The van der Waals surface area contributed by atoms with Gasteiger partial charge in [0, 0.05) is 6.54 Å². The highest BCUT2D eigenvalue weighted by Gasteiger charge is 2.59. The second-order valence-corrected chi connectivity index (χ2v) is 5.89. The van der Waals surface area contributed by atoms with Crippen LogP contribution in [0, 0.1) is 23.7 Å². The topological polar surface area (TPSA) is 63.4 Å². The Hall–Kier alpha value is -1.94. The van der Waals surface area contributed by atoms with Crippen molar-refractivity contribution in [2.45, 2.75) is 13.0 Å². The zero-order valence-corrected chi connectivity index (χ0v) is 11.0. The number of amides is 2. The first-order valence-corrected chi connectivity index (χ1v) is 7.06. The molecule has 1 aromatic rings. The molecular formula is C16H16N2O2. The third-order valence-electron chi connectivity index (χ3n) is 4.87. The van der Waals surface area contributed by atoms with Gasteiger partial charge in [0.15, 0.2) is 0 Å². The Labute approximate surface area is 117 Å². The van der Waals surface area contributed by atoms with Crippen molar-refractivity contribution in [2.75, 3.05) is 4.90 Å². The van der Waals surface area contributed by atoms with E-state index in [0.717, 1.165) is 12.0 Å². The number of fused-ring (bicyclic) bond motifs is 5. The van der Waals surface area contributed by atoms with Gasteiger partial charge in [-0.3, -0.25) is 14.5 Å². The Morgan fingerprint density at radius 3 is 2.35 bits per heavy atom. The second-order valence-electron chi connectivity index (χ2n) is 5.89. The van der Waals surface area contributed by atoms with Crippen LogP contribution in [0.5, 0.6) is 0 Å². The number of nitrogens with zero attached hydrogens (tertiary/aromatic N) is 1. The summed E-state index contributed by atoms with van der Waals surface area (Å²) in [6.45, 7) is 0.406. The molecule has 102 valence electrons. The number of carbonyl (C=O) groups is 2. The maximum absolute atomic E-state index is 12.6. The van der Waals surface area contributed by atoms with Crippen LogP contribution in [0.3, 0.4) is 0 Å². The molecule has 2 amide bonds. The molecule has 4 unspecified atom stereocenters. The predicted molar refractivity (Wildman–Crippen MR) is 74.5 cm³/mol. The number of benzene rings is 1. The summed E-state index contributed by atoms with van der Waals surface area (Å²) in [7, 11) is 0. The first-order valence-electron chi connectivity index (χ1n) is 7.06. The summed E-state index contributed by atoms with van der Waals surface area (Å²) in [5.74, 6) is 0.156. The van der Waals surface area contributed by atoms with Crippen molar-refractivity contribution in [2.24, 2.45) is 29.4 Å². The van der Waals surface area contributed by atoms with Crippen molar-refractivity contribution in [3.05, 3.63) is 42.0 Å². The average molecular weight is 268 g/mol. The number of allylic oxidation sites excluding steroid dienone is 2. The number of rotatable bonds is 2. The molecule has 0 aromatic heterocycles. The summed E-state index contributed by atoms with van der Waals surface area (Å²) >= 11 is 0. The van der Waals surface area contributed by atoms with Gasteiger partial charge in [-0.05, 0) is 36.0 Å². The molecule has 3 aliphatic rings. The average Bonchev–Trinajstić information content (AvgIpc) is 3.13. The lowest BCUT2D eigenvalue weighted by Crippen LogP contribution is -2.32. The summed E-state index contributed by atoms with van der Waals surface area (Å²) in [5, 5.41) is 0. The minimum absolute atomic E-state index is 0.0361. The Morgan fingerprint density at radius 1 is 1.10 bits per heavy atom. The Morgan fingerprint density at radius 2 is 1.75 bits per heavy atom. The number of hydrogen-bond acceptors (Lipinski definition) is 3. The van der Waals surface area contributed by atoms with Gasteiger partial charge in [0.2, 0.25) is 11.8 Å². The molecule has 4 rings (SSSR count). The van der Waals surface area contributed by atoms with Gasteiger partial charge in [0.25, 0.3) is 0 Å². The molecule has 0 spiro atoms. The van der Waals surface area contributed by atoms with E-state index in [4.69, 9.17) is 5.73 Å². The van der Waals surface area contributed by atoms with Crippen molar-refractivity contribution in [1.82, 2.24) is 0 Å². The van der Waals surface area contributed by atoms with Crippen LogP contribution in [0.2, 0.25) is 0 Å². The number of anilines is 1. The van der Waals surface area contributed by atoms with Crippen LogP contribution in [-0.2, 0) is 16.1 Å². The van der Waals surface area contributed by atoms with Gasteiger partial charge in [-0.15, -0.1) is 0 Å². The summed E-state index contributed by atoms with van der Waals surface area (Å²) in [6, 6.07) is 7.40. The van der Waals surface area contributed by atoms with E-state index in [-0.39, 0.29) is 35.5 Å². The maximum Gasteiger partial charge on any atom is 0.238 e. The van der Waals surface area contributed by atoms with Gasteiger partial charge in [-0.2, -0.15) is 0 Å². The molecule has 1 saturated carbocycles. The van der Waals surface area contributed by atoms with Crippen molar-refractivity contribution >= 4 is 17.5 Å². The van der Waals surface area contributed by atoms with E-state index in [1.54, 1.807) is 0 Å². The first kappa shape index (κ1) is 11.9. The molecule has 2 N–H and O–H groups in total. The Balaban J connectivity index is 1.74. The van der Waals surface area contributed by atoms with Crippen LogP contribution in [0.4, 0.5) is 5.69 Å². The quantitative estimate of drug-likeness (QED) is 0.652. The lowest BCUT2D eigenvalue weighted by molar-refractivity contribution is -0.123. The van der Waals surface area contributed by atoms with Gasteiger partial charge in [0.1, 0.15) is 0 Å². The zero-order valence-electron chi connectivity index (χ0n) is 11.0. The molecule has 1 aliphatic heterocycles. The SMILES string of the molecule is NCc1cccc(N2C(=O)C3C4C=CC(C4)C3C2=O)c1. The molecule has 1 aromatic carbocycles. The van der Waals surface area contributed by atoms with E-state index in [9.17, 15) is 9.59 Å². The fourth-order valence-electron chi connectivity index (χ4n) is 3.98. The van der Waals surface area contributed by atoms with E-state index in [1.807, 2.05) is 24.3 Å². The van der Waals surface area contributed by atoms with E-state index < -0.39 is 0 Å². The summed E-state index contributed by atoms with van der Waals surface area (Å²) in [6.07, 6.45) is 5.18. The molecular weight excluding hydrogens is 252 g/mol. The number of imide groups is 1. The number of hydrogen-bond donors (Lipinski definition) is 1. The van der Waals surface area contributed by atoms with Crippen LogP contribution in [0.15, 0.2) is 36.4 Å². The third kappa shape index (κ3) is 1.40. The zero-order chi connectivity index (χ0) is 13.9. The van der Waals surface area contributed by atoms with E-state index in [0.29, 0.717) is 12.2 Å². The van der Waals surface area contributed by atoms with Crippen molar-refractivity contribution in [3.63, 3.8) is 0 Å². The molecule has 20 heavy (non-hydrogen) atoms. The summed E-state index contributed by atoms with van der Waals surface area (Å²) < 4.78 is 0. The fraction of sp³-hybridized carbons (Fsp3) is 0.375. The van der Waals surface area contributed by atoms with Gasteiger partial charge >= 0.3 is 0 Å². The van der Waals surface area contributed by atoms with Gasteiger partial charge < -0.3 is 5.73 Å². The highest BCUT2D eigenvalue weighted by atomic mass is 16.2. The minimum Gasteiger partial charge on any atom is -0.326 e. The molecule has 4 atom stereocenters. The van der Waals surface area contributed by atoms with E-state index in [2.05, 4.69) is 12.2 Å². The molecule has 1 saturated heterocycles. The molecule has 0 radical (unpaired) electrons. The van der Waals surface area contributed by atoms with Crippen LogP contribution < -0.4 is 10.6 Å². The highest BCUT2D eigenvalue weighted by molar-refractivity contribution is 6.22. The molecule has 4 heteroatoms. The third-order valence-corrected chi connectivity index (χ3v) is 4.87. The summed E-state index contributed by atoms with van der Waals surface area (Å²) in [4.78, 5) is 26.6. The Bertz CT molecular complexity index is 607. The van der Waals surface area contributed by atoms with Crippen molar-refractivity contribution in [3.8, 4) is 0 Å². The maximum atomic E-state index is 12.6. The van der Waals surface area contributed by atoms with Crippen LogP contribution in [0.1, 0.15) is 12.0 Å². The fourth-order valence-corrected chi connectivity index (χ4v) is 3.98. The molecule has 4 nitrogen and oxygen atoms in total. The van der Waals surface area contributed by atoms with Gasteiger partial charge in [-0.1, -0.05) is 24.3 Å². The molecule has 1 heterocycles. The standard InChI is InChI=1S/C16H16N2O2/c17-8-9-2-1-3-12(6-9)18-15(19)13-10-4-5-11(7-10)14(13)16(18)20/h1-6,10-11,13-14H,7-8,17H2. The molecule has 2 aliphatic carbocycles. The minimum atomic E-state index is -0.140. The lowest BCUT2D eigenvalue weighted by Gasteiger charge is -2.17. The normalized spacial score (nSPS) is 34.1. The number of carbonyl (C=O) groups excluding carboxylic acids is 2. The predicted octanol–water partition coefficient (Wildman–Crippen LogP) is 1.46. The number of nitrogens with two attached hydrogens (primary N) is 1. The van der Waals surface area contributed by atoms with Crippen molar-refractivity contribution in [1.29, 1.82) is 0 Å². The molecule has 2 fully saturated rings. The van der Waals surface area contributed by atoms with E-state index in [1.165, 1.54) is 4.90 Å². The van der Waals surface area contributed by atoms with Crippen molar-refractivity contribution < 1.29 is 9.59 Å². The van der Waals surface area contributed by atoms with Gasteiger partial charge in [0.05, 0.1) is 17.5 Å². The highest BCUT2D eigenvalue weighted by Crippen LogP contribution is 2.53. The Kier molecular flexibility index (Phi) is 2.39. The lowest BCUT2D eigenvalue weighted by atomic mass is 9.85.